The van der Waals surface area contributed by atoms with E-state index in [-0.39, 0.29) is 11.4 Å². The molecule has 0 heterocycles. The quantitative estimate of drug-likeness (QED) is 0.870. The van der Waals surface area contributed by atoms with Crippen LogP contribution in [0.2, 0.25) is 0 Å². The van der Waals surface area contributed by atoms with Gasteiger partial charge in [0.05, 0.1) is 0 Å². The lowest BCUT2D eigenvalue weighted by atomic mass is 10.1. The Morgan fingerprint density at radius 3 is 2.45 bits per heavy atom. The zero-order valence-corrected chi connectivity index (χ0v) is 13.5. The van der Waals surface area contributed by atoms with E-state index in [0.29, 0.717) is 13.0 Å². The van der Waals surface area contributed by atoms with Crippen molar-refractivity contribution in [1.29, 1.82) is 0 Å². The molecule has 0 fully saturated rings. The molecule has 1 rings (SSSR count). The van der Waals surface area contributed by atoms with E-state index in [0.717, 1.165) is 11.4 Å². The summed E-state index contributed by atoms with van der Waals surface area (Å²) >= 11 is 0. The maximum absolute atomic E-state index is 11.9. The summed E-state index contributed by atoms with van der Waals surface area (Å²) in [6.45, 7) is 9.02. The summed E-state index contributed by atoms with van der Waals surface area (Å²) in [4.78, 5) is 13.9. The number of nitrogens with one attached hydrogen (secondary N) is 2. The Morgan fingerprint density at radius 2 is 1.90 bits per heavy atom. The van der Waals surface area contributed by atoms with Gasteiger partial charge in [-0.3, -0.25) is 4.79 Å². The average molecular weight is 277 g/mol. The molecule has 4 heteroatoms. The summed E-state index contributed by atoms with van der Waals surface area (Å²) in [6.07, 6.45) is 0.475. The maximum atomic E-state index is 11.9. The van der Waals surface area contributed by atoms with Crippen molar-refractivity contribution in [3.63, 3.8) is 0 Å². The van der Waals surface area contributed by atoms with Crippen LogP contribution in [-0.2, 0) is 4.79 Å². The number of hydrogen-bond donors (Lipinski definition) is 2. The molecule has 1 aromatic rings. The summed E-state index contributed by atoms with van der Waals surface area (Å²) in [5.41, 5.74) is 3.21. The third-order valence-corrected chi connectivity index (χ3v) is 2.98. The fourth-order valence-electron chi connectivity index (χ4n) is 1.94. The molecule has 1 aromatic carbocycles. The van der Waals surface area contributed by atoms with Crippen LogP contribution in [0.1, 0.15) is 32.8 Å². The minimum absolute atomic E-state index is 0.0373. The Labute approximate surface area is 122 Å². The maximum Gasteiger partial charge on any atom is 0.225 e. The molecule has 0 spiro atoms. The van der Waals surface area contributed by atoms with E-state index in [1.165, 1.54) is 5.56 Å². The van der Waals surface area contributed by atoms with Gasteiger partial charge in [-0.2, -0.15) is 0 Å². The molecule has 4 nitrogen and oxygen atoms in total. The predicted molar refractivity (Wildman–Crippen MR) is 86.5 cm³/mol. The van der Waals surface area contributed by atoms with Gasteiger partial charge in [-0.15, -0.1) is 0 Å². The number of rotatable bonds is 5. The number of benzene rings is 1. The zero-order chi connectivity index (χ0) is 15.3. The highest BCUT2D eigenvalue weighted by atomic mass is 16.1. The van der Waals surface area contributed by atoms with Crippen molar-refractivity contribution < 1.29 is 4.79 Å². The molecule has 0 aliphatic heterocycles. The number of nitrogens with zero attached hydrogens (tertiary/aromatic N) is 1. The largest absolute Gasteiger partial charge is 0.377 e. The molecule has 112 valence electrons. The summed E-state index contributed by atoms with van der Waals surface area (Å²) in [6, 6.07) is 5.97. The lowest BCUT2D eigenvalue weighted by molar-refractivity contribution is -0.116. The first kappa shape index (κ1) is 16.5. The van der Waals surface area contributed by atoms with Crippen LogP contribution in [-0.4, -0.2) is 32.1 Å². The molecule has 0 atom stereocenters. The Balaban J connectivity index is 2.56. The Hall–Kier alpha value is -1.55. The van der Waals surface area contributed by atoms with E-state index in [2.05, 4.69) is 38.3 Å². The van der Waals surface area contributed by atoms with Gasteiger partial charge >= 0.3 is 0 Å². The fraction of sp³-hybridized carbons (Fsp3) is 0.562. The number of carbonyl (C=O) groups is 1. The summed E-state index contributed by atoms with van der Waals surface area (Å²) in [7, 11) is 4.00. The van der Waals surface area contributed by atoms with Crippen LogP contribution in [0, 0.1) is 6.92 Å². The van der Waals surface area contributed by atoms with Crippen molar-refractivity contribution in [2.24, 2.45) is 0 Å². The molecular formula is C16H27N3O. The van der Waals surface area contributed by atoms with Gasteiger partial charge in [0.15, 0.2) is 0 Å². The third kappa shape index (κ3) is 5.61. The van der Waals surface area contributed by atoms with Crippen molar-refractivity contribution in [2.75, 3.05) is 30.9 Å². The van der Waals surface area contributed by atoms with Crippen molar-refractivity contribution in [3.8, 4) is 0 Å². The standard InChI is InChI=1S/C16H27N3O/c1-12-7-8-13(11-14(12)19(5)6)18-15(20)9-10-17-16(2,3)4/h7-8,11,17H,9-10H2,1-6H3,(H,18,20). The van der Waals surface area contributed by atoms with Crippen LogP contribution in [0.3, 0.4) is 0 Å². The van der Waals surface area contributed by atoms with Crippen LogP contribution < -0.4 is 15.5 Å². The van der Waals surface area contributed by atoms with Gasteiger partial charge in [0, 0.05) is 44.0 Å². The molecular weight excluding hydrogens is 250 g/mol. The number of carbonyl (C=O) groups excluding carboxylic acids is 1. The molecule has 20 heavy (non-hydrogen) atoms. The van der Waals surface area contributed by atoms with Crippen LogP contribution >= 0.6 is 0 Å². The monoisotopic (exact) mass is 277 g/mol. The Bertz CT molecular complexity index is 461. The van der Waals surface area contributed by atoms with Gasteiger partial charge in [0.1, 0.15) is 0 Å². The molecule has 0 aromatic heterocycles. The summed E-state index contributed by atoms with van der Waals surface area (Å²) < 4.78 is 0. The first-order valence-corrected chi connectivity index (χ1v) is 7.02. The number of hydrogen-bond acceptors (Lipinski definition) is 3. The summed E-state index contributed by atoms with van der Waals surface area (Å²) in [5, 5.41) is 6.25. The van der Waals surface area contributed by atoms with Crippen molar-refractivity contribution in [3.05, 3.63) is 23.8 Å². The molecule has 0 unspecified atom stereocenters. The second-order valence-electron chi connectivity index (χ2n) is 6.37. The molecule has 0 aliphatic rings. The third-order valence-electron chi connectivity index (χ3n) is 2.98. The smallest absolute Gasteiger partial charge is 0.225 e. The van der Waals surface area contributed by atoms with Gasteiger partial charge in [0.25, 0.3) is 0 Å². The minimum Gasteiger partial charge on any atom is -0.377 e. The summed E-state index contributed by atoms with van der Waals surface area (Å²) in [5.74, 6) is 0.0373. The van der Waals surface area contributed by atoms with Crippen LogP contribution in [0.5, 0.6) is 0 Å². The normalized spacial score (nSPS) is 11.3. The number of anilines is 2. The van der Waals surface area contributed by atoms with Crippen LogP contribution in [0.15, 0.2) is 18.2 Å². The first-order valence-electron chi connectivity index (χ1n) is 7.02. The van der Waals surface area contributed by atoms with Crippen LogP contribution in [0.25, 0.3) is 0 Å². The van der Waals surface area contributed by atoms with E-state index in [4.69, 9.17) is 0 Å². The second kappa shape index (κ2) is 6.75. The zero-order valence-electron chi connectivity index (χ0n) is 13.5. The van der Waals surface area contributed by atoms with Crippen molar-refractivity contribution in [1.82, 2.24) is 5.32 Å². The van der Waals surface area contributed by atoms with Crippen molar-refractivity contribution in [2.45, 2.75) is 39.7 Å². The van der Waals surface area contributed by atoms with Crippen LogP contribution in [0.4, 0.5) is 11.4 Å². The minimum atomic E-state index is 0.0373. The molecule has 1 amide bonds. The first-order chi connectivity index (χ1) is 9.19. The van der Waals surface area contributed by atoms with E-state index < -0.39 is 0 Å². The lowest BCUT2D eigenvalue weighted by Crippen LogP contribution is -2.37. The van der Waals surface area contributed by atoms with Crippen molar-refractivity contribution >= 4 is 17.3 Å². The molecule has 0 bridgehead atoms. The highest BCUT2D eigenvalue weighted by Gasteiger charge is 2.10. The highest BCUT2D eigenvalue weighted by molar-refractivity contribution is 5.91. The molecule has 0 aliphatic carbocycles. The van der Waals surface area contributed by atoms with Gasteiger partial charge < -0.3 is 15.5 Å². The van der Waals surface area contributed by atoms with Gasteiger partial charge in [-0.25, -0.2) is 0 Å². The molecule has 0 saturated heterocycles. The topological polar surface area (TPSA) is 44.4 Å². The van der Waals surface area contributed by atoms with Gasteiger partial charge in [0.2, 0.25) is 5.91 Å². The van der Waals surface area contributed by atoms with E-state index >= 15 is 0 Å². The Morgan fingerprint density at radius 1 is 1.25 bits per heavy atom. The number of aryl methyl sites for hydroxylation is 1. The fourth-order valence-corrected chi connectivity index (χ4v) is 1.94. The van der Waals surface area contributed by atoms with E-state index in [1.54, 1.807) is 0 Å². The van der Waals surface area contributed by atoms with Gasteiger partial charge in [-0.05, 0) is 45.4 Å². The van der Waals surface area contributed by atoms with E-state index in [1.807, 2.05) is 37.2 Å². The molecule has 0 saturated carbocycles. The SMILES string of the molecule is Cc1ccc(NC(=O)CCNC(C)(C)C)cc1N(C)C. The number of amides is 1. The average Bonchev–Trinajstić information content (AvgIpc) is 2.29. The highest BCUT2D eigenvalue weighted by Crippen LogP contribution is 2.22. The lowest BCUT2D eigenvalue weighted by Gasteiger charge is -2.20. The van der Waals surface area contributed by atoms with E-state index in [9.17, 15) is 4.79 Å². The second-order valence-corrected chi connectivity index (χ2v) is 6.37. The predicted octanol–water partition coefficient (Wildman–Crippen LogP) is 2.78. The molecule has 0 radical (unpaired) electrons. The van der Waals surface area contributed by atoms with Gasteiger partial charge in [-0.1, -0.05) is 6.07 Å². The Kier molecular flexibility index (Phi) is 5.57. The molecule has 2 N–H and O–H groups in total.